The first-order valence-electron chi connectivity index (χ1n) is 10.4. The molecule has 32 heavy (non-hydrogen) atoms. The van der Waals surface area contributed by atoms with Crippen molar-refractivity contribution in [2.75, 3.05) is 11.9 Å². The van der Waals surface area contributed by atoms with Crippen LogP contribution in [0.25, 0.3) is 0 Å². The monoisotopic (exact) mass is 442 g/mol. The molecule has 2 aromatic rings. The van der Waals surface area contributed by atoms with E-state index in [0.717, 1.165) is 12.1 Å². The van der Waals surface area contributed by atoms with Gasteiger partial charge in [-0.05, 0) is 38.7 Å². The number of alkyl halides is 2. The molecule has 1 saturated carbocycles. The Morgan fingerprint density at radius 2 is 2.16 bits per heavy atom. The summed E-state index contributed by atoms with van der Waals surface area (Å²) in [5.74, 6) is 0.958. The van der Waals surface area contributed by atoms with E-state index < -0.39 is 6.61 Å². The molecule has 0 bridgehead atoms. The molecule has 168 valence electrons. The van der Waals surface area contributed by atoms with Gasteiger partial charge in [0.15, 0.2) is 5.75 Å². The molecule has 7 nitrogen and oxygen atoms in total. The average molecular weight is 442 g/mol. The van der Waals surface area contributed by atoms with Crippen LogP contribution in [0, 0.1) is 31.1 Å². The molecule has 1 N–H and O–H groups in total. The van der Waals surface area contributed by atoms with Crippen molar-refractivity contribution in [1.82, 2.24) is 15.0 Å². The minimum atomic E-state index is -2.95. The third-order valence-electron chi connectivity index (χ3n) is 5.91. The number of carbonyl (C=O) groups is 1. The van der Waals surface area contributed by atoms with E-state index in [2.05, 4.69) is 37.2 Å². The lowest BCUT2D eigenvalue weighted by atomic mass is 9.82. The van der Waals surface area contributed by atoms with Crippen LogP contribution in [0.3, 0.4) is 0 Å². The number of amides is 1. The van der Waals surface area contributed by atoms with Gasteiger partial charge in [-0.15, -0.1) is 0 Å². The van der Waals surface area contributed by atoms with Gasteiger partial charge in [-0.1, -0.05) is 24.3 Å². The smallest absolute Gasteiger partial charge is 0.387 e. The predicted molar refractivity (Wildman–Crippen MR) is 113 cm³/mol. The lowest BCUT2D eigenvalue weighted by Crippen LogP contribution is -2.29. The molecule has 2 aliphatic carbocycles. The summed E-state index contributed by atoms with van der Waals surface area (Å²) in [6.07, 6.45) is 12.6. The van der Waals surface area contributed by atoms with E-state index in [1.165, 1.54) is 18.3 Å². The minimum Gasteiger partial charge on any atom is -0.489 e. The number of halogens is 2. The predicted octanol–water partition coefficient (Wildman–Crippen LogP) is 4.25. The number of rotatable bonds is 8. The Kier molecular flexibility index (Phi) is 6.16. The molecule has 2 aromatic heterocycles. The summed E-state index contributed by atoms with van der Waals surface area (Å²) in [6, 6.07) is 2.59. The zero-order valence-corrected chi connectivity index (χ0v) is 17.8. The molecule has 0 aromatic carbocycles. The van der Waals surface area contributed by atoms with Gasteiger partial charge in [0.25, 0.3) is 0 Å². The van der Waals surface area contributed by atoms with Gasteiger partial charge >= 0.3 is 6.61 Å². The van der Waals surface area contributed by atoms with E-state index in [1.54, 1.807) is 6.20 Å². The first-order valence-corrected chi connectivity index (χ1v) is 10.4. The van der Waals surface area contributed by atoms with Crippen molar-refractivity contribution in [3.8, 4) is 11.5 Å². The highest BCUT2D eigenvalue weighted by molar-refractivity contribution is 5.94. The molecule has 9 heteroatoms. The Balaban J connectivity index is 1.48. The normalized spacial score (nSPS) is 23.8. The van der Waals surface area contributed by atoms with Crippen molar-refractivity contribution in [3.05, 3.63) is 60.3 Å². The topological polar surface area (TPSA) is 86.2 Å². The maximum atomic E-state index is 13.0. The number of nitrogens with zero attached hydrogens (tertiary/aromatic N) is 3. The van der Waals surface area contributed by atoms with Crippen molar-refractivity contribution >= 4 is 11.7 Å². The van der Waals surface area contributed by atoms with Crippen LogP contribution >= 0.6 is 0 Å². The third-order valence-corrected chi connectivity index (χ3v) is 5.91. The molecule has 0 saturated heterocycles. The molecule has 0 radical (unpaired) electrons. The van der Waals surface area contributed by atoms with Gasteiger partial charge in [-0.25, -0.2) is 15.0 Å². The number of anilines is 1. The van der Waals surface area contributed by atoms with E-state index in [1.807, 2.05) is 26.0 Å². The van der Waals surface area contributed by atoms with Crippen molar-refractivity contribution in [2.45, 2.75) is 33.3 Å². The number of ether oxygens (including phenoxy) is 2. The van der Waals surface area contributed by atoms with Crippen molar-refractivity contribution in [2.24, 2.45) is 17.3 Å². The largest absolute Gasteiger partial charge is 0.489 e. The van der Waals surface area contributed by atoms with Gasteiger partial charge in [-0.2, -0.15) is 8.78 Å². The number of allylic oxidation sites excluding steroid dienone is 4. The standard InChI is InChI=1S/C23H24F2N4O3/c1-14-19(12-27-15(2)28-14)31-13-23(16-6-4-3-5-7-16)11-18(23)21(30)29-20-10-17(8-9-26-20)32-22(24)25/h3-6,8-10,12,16,18,22H,7,11,13H2,1-2H3,(H,26,29,30)/t16?,18-,23+/m0/s1. The fourth-order valence-electron chi connectivity index (χ4n) is 4.15. The molecular weight excluding hydrogens is 418 g/mol. The zero-order chi connectivity index (χ0) is 22.7. The zero-order valence-electron chi connectivity index (χ0n) is 17.8. The Morgan fingerprint density at radius 1 is 1.31 bits per heavy atom. The van der Waals surface area contributed by atoms with Crippen LogP contribution in [0.5, 0.6) is 11.5 Å². The second-order valence-corrected chi connectivity index (χ2v) is 8.05. The highest BCUT2D eigenvalue weighted by Crippen LogP contribution is 2.60. The first kappa shape index (κ1) is 21.9. The molecule has 3 atom stereocenters. The number of pyridine rings is 1. The molecule has 0 spiro atoms. The SMILES string of the molecule is Cc1ncc(OC[C@@]2(C3C=CC=CC3)C[C@H]2C(=O)Nc2cc(OC(F)F)ccn2)c(C)n1. The highest BCUT2D eigenvalue weighted by atomic mass is 19.3. The Morgan fingerprint density at radius 3 is 2.88 bits per heavy atom. The number of hydrogen-bond acceptors (Lipinski definition) is 6. The van der Waals surface area contributed by atoms with Gasteiger partial charge < -0.3 is 14.8 Å². The van der Waals surface area contributed by atoms with Crippen LogP contribution in [0.1, 0.15) is 24.4 Å². The number of nitrogens with one attached hydrogen (secondary N) is 1. The fraction of sp³-hybridized carbons (Fsp3) is 0.391. The lowest BCUT2D eigenvalue weighted by molar-refractivity contribution is -0.118. The van der Waals surface area contributed by atoms with Crippen molar-refractivity contribution in [1.29, 1.82) is 0 Å². The van der Waals surface area contributed by atoms with Gasteiger partial charge in [0, 0.05) is 23.6 Å². The molecule has 2 aliphatic rings. The number of carbonyl (C=O) groups excluding carboxylic acids is 1. The fourth-order valence-corrected chi connectivity index (χ4v) is 4.15. The second-order valence-electron chi connectivity index (χ2n) is 8.05. The molecule has 1 fully saturated rings. The molecule has 1 unspecified atom stereocenters. The van der Waals surface area contributed by atoms with Crippen LogP contribution in [0.4, 0.5) is 14.6 Å². The Bertz CT molecular complexity index is 1060. The van der Waals surface area contributed by atoms with Crippen LogP contribution in [-0.2, 0) is 4.79 Å². The minimum absolute atomic E-state index is 0.0640. The van der Waals surface area contributed by atoms with Gasteiger partial charge in [0.1, 0.15) is 17.4 Å². The Hall–Kier alpha value is -3.36. The number of aromatic nitrogens is 3. The molecule has 4 rings (SSSR count). The third kappa shape index (κ3) is 4.76. The summed E-state index contributed by atoms with van der Waals surface area (Å²) in [4.78, 5) is 25.6. The van der Waals surface area contributed by atoms with E-state index in [-0.39, 0.29) is 34.7 Å². The van der Waals surface area contributed by atoms with Gasteiger partial charge in [-0.3, -0.25) is 4.79 Å². The maximum Gasteiger partial charge on any atom is 0.387 e. The lowest BCUT2D eigenvalue weighted by Gasteiger charge is -2.26. The van der Waals surface area contributed by atoms with Crippen LogP contribution in [0.15, 0.2) is 48.8 Å². The quantitative estimate of drug-likeness (QED) is 0.658. The maximum absolute atomic E-state index is 13.0. The average Bonchev–Trinajstić information content (AvgIpc) is 3.50. The van der Waals surface area contributed by atoms with Gasteiger partial charge in [0.2, 0.25) is 5.91 Å². The highest BCUT2D eigenvalue weighted by Gasteiger charge is 2.62. The van der Waals surface area contributed by atoms with E-state index in [9.17, 15) is 13.6 Å². The molecule has 0 aliphatic heterocycles. The summed E-state index contributed by atoms with van der Waals surface area (Å²) in [6.45, 7) is 1.06. The molecule has 2 heterocycles. The van der Waals surface area contributed by atoms with E-state index >= 15 is 0 Å². The molecular formula is C23H24F2N4O3. The number of aryl methyl sites for hydroxylation is 2. The first-order chi connectivity index (χ1) is 15.4. The number of hydrogen-bond donors (Lipinski definition) is 1. The van der Waals surface area contributed by atoms with Crippen LogP contribution in [0.2, 0.25) is 0 Å². The summed E-state index contributed by atoms with van der Waals surface area (Å²) in [7, 11) is 0. The van der Waals surface area contributed by atoms with Crippen molar-refractivity contribution in [3.63, 3.8) is 0 Å². The Labute approximate surface area is 184 Å². The summed E-state index contributed by atoms with van der Waals surface area (Å²) in [5.41, 5.74) is 0.355. The second kappa shape index (κ2) is 9.02. The summed E-state index contributed by atoms with van der Waals surface area (Å²) in [5, 5.41) is 2.73. The van der Waals surface area contributed by atoms with Gasteiger partial charge in [0.05, 0.1) is 18.5 Å². The van der Waals surface area contributed by atoms with E-state index in [4.69, 9.17) is 4.74 Å². The summed E-state index contributed by atoms with van der Waals surface area (Å²) >= 11 is 0. The van der Waals surface area contributed by atoms with Crippen LogP contribution in [-0.4, -0.2) is 34.1 Å². The molecule has 1 amide bonds. The van der Waals surface area contributed by atoms with Crippen molar-refractivity contribution < 1.29 is 23.0 Å². The van der Waals surface area contributed by atoms with E-state index in [0.29, 0.717) is 24.6 Å². The summed E-state index contributed by atoms with van der Waals surface area (Å²) < 4.78 is 35.4. The van der Waals surface area contributed by atoms with Crippen LogP contribution < -0.4 is 14.8 Å².